The van der Waals surface area contributed by atoms with Crippen LogP contribution in [0.4, 0.5) is 11.4 Å². The minimum atomic E-state index is -0.243. The number of rotatable bonds is 5. The number of allylic oxidation sites excluding steroid dienone is 1. The maximum absolute atomic E-state index is 11.6. The molecule has 2 amide bonds. The number of furan rings is 1. The monoisotopic (exact) mass is 392 g/mol. The van der Waals surface area contributed by atoms with Gasteiger partial charge in [0.25, 0.3) is 0 Å². The molecular weight excluding hydrogens is 376 g/mol. The van der Waals surface area contributed by atoms with Crippen LogP contribution in [0.3, 0.4) is 0 Å². The maximum atomic E-state index is 11.6. The number of amides is 2. The van der Waals surface area contributed by atoms with Gasteiger partial charge in [-0.1, -0.05) is 0 Å². The molecule has 2 aromatic heterocycles. The minimum absolute atomic E-state index is 0.209. The quantitative estimate of drug-likeness (QED) is 0.626. The van der Waals surface area contributed by atoms with Gasteiger partial charge in [0.15, 0.2) is 0 Å². The molecule has 1 aromatic carbocycles. The molecule has 7 nitrogen and oxygen atoms in total. The summed E-state index contributed by atoms with van der Waals surface area (Å²) < 4.78 is 5.25. The highest BCUT2D eigenvalue weighted by molar-refractivity contribution is 7.11. The van der Waals surface area contributed by atoms with Crippen LogP contribution >= 0.6 is 11.3 Å². The number of thiazole rings is 1. The van der Waals surface area contributed by atoms with Crippen molar-refractivity contribution in [1.82, 2.24) is 4.98 Å². The summed E-state index contributed by atoms with van der Waals surface area (Å²) in [6.07, 6.45) is 3.15. The zero-order chi connectivity index (χ0) is 20.1. The van der Waals surface area contributed by atoms with Crippen molar-refractivity contribution in [3.63, 3.8) is 0 Å². The van der Waals surface area contributed by atoms with Gasteiger partial charge >= 0.3 is 0 Å². The first-order valence-electron chi connectivity index (χ1n) is 8.27. The average molecular weight is 392 g/mol. The van der Waals surface area contributed by atoms with Gasteiger partial charge in [-0.2, -0.15) is 5.26 Å². The van der Waals surface area contributed by atoms with Crippen LogP contribution in [0.15, 0.2) is 46.4 Å². The Morgan fingerprint density at radius 2 is 2.00 bits per heavy atom. The van der Waals surface area contributed by atoms with Crippen LogP contribution in [0.25, 0.3) is 22.9 Å². The van der Waals surface area contributed by atoms with E-state index >= 15 is 0 Å². The van der Waals surface area contributed by atoms with E-state index in [1.165, 1.54) is 31.4 Å². The molecule has 3 aromatic rings. The second-order valence-corrected chi connectivity index (χ2v) is 6.70. The molecule has 0 atom stereocenters. The lowest BCUT2D eigenvalue weighted by atomic mass is 10.1. The van der Waals surface area contributed by atoms with Crippen LogP contribution in [0.1, 0.15) is 24.6 Å². The standard InChI is InChI=1S/C20H16N4O3S/c1-12(25)22-15-5-6-17(18(9-15)23-13(2)26)19-11-28-20(24-19)14(10-21)8-16-4-3-7-27-16/h3-9,11H,1-2H3,(H,22,25)(H,23,26)/b14-8+. The fourth-order valence-electron chi connectivity index (χ4n) is 2.52. The molecule has 0 saturated carbocycles. The summed E-state index contributed by atoms with van der Waals surface area (Å²) in [4.78, 5) is 27.4. The molecule has 2 heterocycles. The molecule has 0 aliphatic rings. The summed E-state index contributed by atoms with van der Waals surface area (Å²) in [5.41, 5.74) is 2.75. The normalized spacial score (nSPS) is 11.0. The Bertz CT molecular complexity index is 1090. The molecule has 0 saturated heterocycles. The number of nitrogens with zero attached hydrogens (tertiary/aromatic N) is 2. The molecular formula is C20H16N4O3S. The zero-order valence-electron chi connectivity index (χ0n) is 15.1. The van der Waals surface area contributed by atoms with Crippen molar-refractivity contribution in [3.05, 3.63) is 52.7 Å². The topological polar surface area (TPSA) is 108 Å². The summed E-state index contributed by atoms with van der Waals surface area (Å²) in [6.45, 7) is 2.81. The van der Waals surface area contributed by atoms with Gasteiger partial charge in [0.05, 0.1) is 23.2 Å². The number of nitrogens with one attached hydrogen (secondary N) is 2. The lowest BCUT2D eigenvalue weighted by Crippen LogP contribution is -2.09. The third-order valence-electron chi connectivity index (χ3n) is 3.61. The molecule has 140 valence electrons. The Labute approximate surface area is 165 Å². The Kier molecular flexibility index (Phi) is 5.67. The molecule has 8 heteroatoms. The van der Waals surface area contributed by atoms with E-state index in [0.717, 1.165) is 0 Å². The Hall–Kier alpha value is -3.70. The second-order valence-electron chi connectivity index (χ2n) is 5.85. The summed E-state index contributed by atoms with van der Waals surface area (Å²) in [5.74, 6) is 0.109. The predicted molar refractivity (Wildman–Crippen MR) is 108 cm³/mol. The predicted octanol–water partition coefficient (Wildman–Crippen LogP) is 4.38. The first-order chi connectivity index (χ1) is 13.5. The number of nitriles is 1. The number of hydrogen-bond donors (Lipinski definition) is 2. The number of hydrogen-bond acceptors (Lipinski definition) is 6. The summed E-state index contributed by atoms with van der Waals surface area (Å²) in [5, 5.41) is 17.2. The fourth-order valence-corrected chi connectivity index (χ4v) is 3.31. The lowest BCUT2D eigenvalue weighted by Gasteiger charge is -2.11. The van der Waals surface area contributed by atoms with Gasteiger partial charge in [-0.25, -0.2) is 4.98 Å². The van der Waals surface area contributed by atoms with Crippen molar-refractivity contribution >= 4 is 46.2 Å². The Morgan fingerprint density at radius 3 is 2.64 bits per heavy atom. The third-order valence-corrected chi connectivity index (χ3v) is 4.49. The fraction of sp³-hybridized carbons (Fsp3) is 0.100. The van der Waals surface area contributed by atoms with Gasteiger partial charge in [0, 0.05) is 36.6 Å². The Morgan fingerprint density at radius 1 is 1.21 bits per heavy atom. The van der Waals surface area contributed by atoms with E-state index in [4.69, 9.17) is 4.42 Å². The average Bonchev–Trinajstić information content (AvgIpc) is 3.31. The lowest BCUT2D eigenvalue weighted by molar-refractivity contribution is -0.115. The molecule has 28 heavy (non-hydrogen) atoms. The van der Waals surface area contributed by atoms with Crippen LogP contribution in [0, 0.1) is 11.3 Å². The highest BCUT2D eigenvalue weighted by Gasteiger charge is 2.14. The van der Waals surface area contributed by atoms with Crippen molar-refractivity contribution in [3.8, 4) is 17.3 Å². The second kappa shape index (κ2) is 8.33. The molecule has 0 fully saturated rings. The molecule has 3 rings (SSSR count). The van der Waals surface area contributed by atoms with E-state index in [2.05, 4.69) is 21.7 Å². The van der Waals surface area contributed by atoms with Gasteiger partial charge in [-0.3, -0.25) is 9.59 Å². The van der Waals surface area contributed by atoms with Crippen LogP contribution in [-0.4, -0.2) is 16.8 Å². The van der Waals surface area contributed by atoms with E-state index in [-0.39, 0.29) is 11.8 Å². The summed E-state index contributed by atoms with van der Waals surface area (Å²) >= 11 is 1.32. The highest BCUT2D eigenvalue weighted by Crippen LogP contribution is 2.33. The molecule has 0 unspecified atom stereocenters. The summed E-state index contributed by atoms with van der Waals surface area (Å²) in [7, 11) is 0. The van der Waals surface area contributed by atoms with Crippen molar-refractivity contribution < 1.29 is 14.0 Å². The van der Waals surface area contributed by atoms with Crippen molar-refractivity contribution in [1.29, 1.82) is 5.26 Å². The number of carbonyl (C=O) groups is 2. The van der Waals surface area contributed by atoms with Gasteiger partial charge < -0.3 is 15.1 Å². The number of anilines is 2. The van der Waals surface area contributed by atoms with Gasteiger partial charge in [-0.05, 0) is 30.3 Å². The highest BCUT2D eigenvalue weighted by atomic mass is 32.1. The van der Waals surface area contributed by atoms with E-state index in [9.17, 15) is 14.9 Å². The maximum Gasteiger partial charge on any atom is 0.221 e. The van der Waals surface area contributed by atoms with E-state index < -0.39 is 0 Å². The van der Waals surface area contributed by atoms with Crippen LogP contribution in [-0.2, 0) is 9.59 Å². The third kappa shape index (κ3) is 4.52. The molecule has 0 bridgehead atoms. The SMILES string of the molecule is CC(=O)Nc1ccc(-c2csc(/C(C#N)=C/c3ccco3)n2)c(NC(C)=O)c1. The number of benzene rings is 1. The van der Waals surface area contributed by atoms with Crippen LogP contribution < -0.4 is 10.6 Å². The number of carbonyl (C=O) groups excluding carboxylic acids is 2. The minimum Gasteiger partial charge on any atom is -0.465 e. The van der Waals surface area contributed by atoms with Crippen molar-refractivity contribution in [2.24, 2.45) is 0 Å². The van der Waals surface area contributed by atoms with Gasteiger partial charge in [0.1, 0.15) is 16.8 Å². The smallest absolute Gasteiger partial charge is 0.221 e. The van der Waals surface area contributed by atoms with E-state index in [1.54, 1.807) is 41.8 Å². The molecule has 0 aliphatic carbocycles. The zero-order valence-corrected chi connectivity index (χ0v) is 16.0. The van der Waals surface area contributed by atoms with Crippen LogP contribution in [0.2, 0.25) is 0 Å². The molecule has 0 spiro atoms. The summed E-state index contributed by atoms with van der Waals surface area (Å²) in [6, 6.07) is 10.8. The van der Waals surface area contributed by atoms with Crippen molar-refractivity contribution in [2.45, 2.75) is 13.8 Å². The van der Waals surface area contributed by atoms with E-state index in [1.807, 2.05) is 0 Å². The largest absolute Gasteiger partial charge is 0.465 e. The van der Waals surface area contributed by atoms with Crippen LogP contribution in [0.5, 0.6) is 0 Å². The van der Waals surface area contributed by atoms with E-state index in [0.29, 0.717) is 39.0 Å². The molecule has 0 radical (unpaired) electrons. The van der Waals surface area contributed by atoms with Crippen molar-refractivity contribution in [2.75, 3.05) is 10.6 Å². The van der Waals surface area contributed by atoms with Gasteiger partial charge in [-0.15, -0.1) is 11.3 Å². The Balaban J connectivity index is 1.98. The molecule has 0 aliphatic heterocycles. The molecule has 2 N–H and O–H groups in total. The number of aromatic nitrogens is 1. The first-order valence-corrected chi connectivity index (χ1v) is 9.15. The first kappa shape index (κ1) is 19.1. The van der Waals surface area contributed by atoms with Gasteiger partial charge in [0.2, 0.25) is 11.8 Å².